The van der Waals surface area contributed by atoms with Gasteiger partial charge in [-0.15, -0.1) is 0 Å². The van der Waals surface area contributed by atoms with E-state index in [4.69, 9.17) is 15.2 Å². The summed E-state index contributed by atoms with van der Waals surface area (Å²) in [4.78, 5) is 4.14. The molecule has 0 aliphatic carbocycles. The normalized spacial score (nSPS) is 12.1. The molecule has 0 amide bonds. The van der Waals surface area contributed by atoms with E-state index in [9.17, 15) is 5.11 Å². The maximum absolute atomic E-state index is 10.9. The Morgan fingerprint density at radius 1 is 0.632 bits per heavy atom. The zero-order chi connectivity index (χ0) is 26.2. The van der Waals surface area contributed by atoms with Crippen LogP contribution in [-0.4, -0.2) is 29.4 Å². The van der Waals surface area contributed by atoms with E-state index in [0.29, 0.717) is 11.6 Å². The number of nitrogens with zero attached hydrogens (tertiary/aromatic N) is 1. The van der Waals surface area contributed by atoms with Crippen molar-refractivity contribution in [1.29, 1.82) is 0 Å². The Kier molecular flexibility index (Phi) is 7.78. The van der Waals surface area contributed by atoms with Gasteiger partial charge in [-0.2, -0.15) is 0 Å². The van der Waals surface area contributed by atoms with Gasteiger partial charge in [0.15, 0.2) is 0 Å². The molecule has 0 radical (unpaired) electrons. The highest BCUT2D eigenvalue weighted by molar-refractivity contribution is 5.64. The molecule has 1 aromatic heterocycles. The largest absolute Gasteiger partial charge is 0.491 e. The third-order valence-corrected chi connectivity index (χ3v) is 6.45. The summed E-state index contributed by atoms with van der Waals surface area (Å²) in [5.74, 6) is 1.15. The first-order chi connectivity index (χ1) is 18.6. The smallest absolute Gasteiger partial charge is 0.143 e. The minimum absolute atomic E-state index is 0.0773. The summed E-state index contributed by atoms with van der Waals surface area (Å²) in [7, 11) is 0. The molecule has 0 aliphatic rings. The molecular formula is C33H30N2O3. The van der Waals surface area contributed by atoms with Crippen LogP contribution in [0.5, 0.6) is 5.75 Å². The van der Waals surface area contributed by atoms with E-state index >= 15 is 0 Å². The summed E-state index contributed by atoms with van der Waals surface area (Å²) < 4.78 is 12.6. The number of rotatable bonds is 10. The van der Waals surface area contributed by atoms with E-state index in [1.54, 1.807) is 12.3 Å². The number of hydrogen-bond acceptors (Lipinski definition) is 5. The quantitative estimate of drug-likeness (QED) is 0.226. The Bertz CT molecular complexity index is 1310. The summed E-state index contributed by atoms with van der Waals surface area (Å²) in [5, 5.41) is 10.9. The number of aliphatic hydroxyl groups excluding tert-OH is 1. The molecule has 190 valence electrons. The summed E-state index contributed by atoms with van der Waals surface area (Å²) in [5.41, 5.74) is 9.72. The topological polar surface area (TPSA) is 77.6 Å². The molecule has 0 aliphatic heterocycles. The Balaban J connectivity index is 1.33. The number of pyridine rings is 1. The molecule has 0 saturated heterocycles. The molecule has 5 rings (SSSR count). The van der Waals surface area contributed by atoms with Gasteiger partial charge in [0, 0.05) is 11.8 Å². The molecule has 5 nitrogen and oxygen atoms in total. The van der Waals surface area contributed by atoms with Gasteiger partial charge in [0.05, 0.1) is 6.61 Å². The zero-order valence-corrected chi connectivity index (χ0v) is 21.0. The van der Waals surface area contributed by atoms with Crippen LogP contribution in [0.15, 0.2) is 134 Å². The van der Waals surface area contributed by atoms with Crippen LogP contribution in [0.1, 0.15) is 16.7 Å². The van der Waals surface area contributed by atoms with Crippen molar-refractivity contribution in [3.05, 3.63) is 150 Å². The molecule has 1 unspecified atom stereocenters. The highest BCUT2D eigenvalue weighted by Gasteiger charge is 2.38. The van der Waals surface area contributed by atoms with Gasteiger partial charge in [-0.3, -0.25) is 0 Å². The van der Waals surface area contributed by atoms with E-state index in [-0.39, 0.29) is 13.2 Å². The molecule has 5 heteroatoms. The predicted octanol–water partition coefficient (Wildman–Crippen LogP) is 6.08. The van der Waals surface area contributed by atoms with Crippen molar-refractivity contribution >= 4 is 5.82 Å². The highest BCUT2D eigenvalue weighted by atomic mass is 16.5. The lowest BCUT2D eigenvalue weighted by atomic mass is 9.80. The van der Waals surface area contributed by atoms with Gasteiger partial charge < -0.3 is 20.3 Å². The van der Waals surface area contributed by atoms with Crippen LogP contribution in [0.3, 0.4) is 0 Å². The fourth-order valence-electron chi connectivity index (χ4n) is 4.55. The summed E-state index contributed by atoms with van der Waals surface area (Å²) >= 11 is 0. The standard InChI is InChI=1S/C33H30N2O3/c34-32-21-18-26(22-35-32)25-16-19-31(20-17-25)37-23-30(36)24-38-33(27-10-4-1-5-11-27,28-12-6-2-7-13-28)29-14-8-3-9-15-29/h1-22,30,36H,23-24H2,(H2,34,35). The van der Waals surface area contributed by atoms with Crippen LogP contribution in [0.4, 0.5) is 5.82 Å². The van der Waals surface area contributed by atoms with Crippen LogP contribution in [0.2, 0.25) is 0 Å². The number of nitrogens with two attached hydrogens (primary N) is 1. The van der Waals surface area contributed by atoms with Gasteiger partial charge in [0.1, 0.15) is 29.9 Å². The lowest BCUT2D eigenvalue weighted by molar-refractivity contribution is -0.0493. The number of benzene rings is 4. The van der Waals surface area contributed by atoms with Gasteiger partial charge in [0.25, 0.3) is 0 Å². The molecular weight excluding hydrogens is 472 g/mol. The Hall–Kier alpha value is -4.45. The van der Waals surface area contributed by atoms with Crippen LogP contribution in [0.25, 0.3) is 11.1 Å². The van der Waals surface area contributed by atoms with Crippen molar-refractivity contribution in [2.75, 3.05) is 18.9 Å². The van der Waals surface area contributed by atoms with Gasteiger partial charge in [0.2, 0.25) is 0 Å². The Labute approximate surface area is 223 Å². The molecule has 4 aromatic carbocycles. The minimum Gasteiger partial charge on any atom is -0.491 e. The summed E-state index contributed by atoms with van der Waals surface area (Å²) in [6, 6.07) is 41.7. The first-order valence-electron chi connectivity index (χ1n) is 12.6. The van der Waals surface area contributed by atoms with Crippen molar-refractivity contribution in [1.82, 2.24) is 4.98 Å². The second-order valence-electron chi connectivity index (χ2n) is 9.05. The monoisotopic (exact) mass is 502 g/mol. The highest BCUT2D eigenvalue weighted by Crippen LogP contribution is 2.40. The number of hydrogen-bond donors (Lipinski definition) is 2. The lowest BCUT2D eigenvalue weighted by Gasteiger charge is -2.36. The molecule has 1 atom stereocenters. The van der Waals surface area contributed by atoms with Crippen molar-refractivity contribution in [2.24, 2.45) is 0 Å². The van der Waals surface area contributed by atoms with Gasteiger partial charge in [-0.25, -0.2) is 4.98 Å². The molecule has 0 bridgehead atoms. The SMILES string of the molecule is Nc1ccc(-c2ccc(OCC(O)COC(c3ccccc3)(c3ccccc3)c3ccccc3)cc2)cn1. The predicted molar refractivity (Wildman–Crippen MR) is 151 cm³/mol. The van der Waals surface area contributed by atoms with Crippen LogP contribution in [0, 0.1) is 0 Å². The minimum atomic E-state index is -0.889. The Morgan fingerprint density at radius 3 is 1.61 bits per heavy atom. The molecule has 0 saturated carbocycles. The number of aliphatic hydroxyl groups is 1. The van der Waals surface area contributed by atoms with Crippen molar-refractivity contribution in [2.45, 2.75) is 11.7 Å². The van der Waals surface area contributed by atoms with E-state index < -0.39 is 11.7 Å². The molecule has 1 heterocycles. The van der Waals surface area contributed by atoms with E-state index in [2.05, 4.69) is 41.4 Å². The van der Waals surface area contributed by atoms with Crippen LogP contribution < -0.4 is 10.5 Å². The van der Waals surface area contributed by atoms with Gasteiger partial charge >= 0.3 is 0 Å². The first kappa shape index (κ1) is 25.2. The maximum atomic E-state index is 10.9. The average molecular weight is 503 g/mol. The van der Waals surface area contributed by atoms with E-state index in [1.165, 1.54) is 0 Å². The number of ether oxygens (including phenoxy) is 2. The fourth-order valence-corrected chi connectivity index (χ4v) is 4.55. The van der Waals surface area contributed by atoms with E-state index in [0.717, 1.165) is 27.8 Å². The molecule has 0 spiro atoms. The molecule has 0 fully saturated rings. The van der Waals surface area contributed by atoms with Crippen molar-refractivity contribution in [3.8, 4) is 16.9 Å². The summed E-state index contributed by atoms with van der Waals surface area (Å²) in [6.07, 6.45) is 0.900. The number of aromatic nitrogens is 1. The first-order valence-corrected chi connectivity index (χ1v) is 12.6. The van der Waals surface area contributed by atoms with Crippen molar-refractivity contribution < 1.29 is 14.6 Å². The van der Waals surface area contributed by atoms with Gasteiger partial charge in [-0.05, 0) is 46.5 Å². The fraction of sp³-hybridized carbons (Fsp3) is 0.121. The lowest BCUT2D eigenvalue weighted by Crippen LogP contribution is -2.37. The number of anilines is 1. The van der Waals surface area contributed by atoms with E-state index in [1.807, 2.05) is 84.9 Å². The second-order valence-corrected chi connectivity index (χ2v) is 9.05. The number of nitrogen functional groups attached to an aromatic ring is 1. The average Bonchev–Trinajstić information content (AvgIpc) is 2.99. The van der Waals surface area contributed by atoms with Crippen molar-refractivity contribution in [3.63, 3.8) is 0 Å². The molecule has 3 N–H and O–H groups in total. The Morgan fingerprint density at radius 2 is 1.13 bits per heavy atom. The molecule has 5 aromatic rings. The van der Waals surface area contributed by atoms with Gasteiger partial charge in [-0.1, -0.05) is 103 Å². The van der Waals surface area contributed by atoms with Crippen LogP contribution in [-0.2, 0) is 10.3 Å². The van der Waals surface area contributed by atoms with Crippen LogP contribution >= 0.6 is 0 Å². The third-order valence-electron chi connectivity index (χ3n) is 6.45. The second kappa shape index (κ2) is 11.7. The third kappa shape index (κ3) is 5.59. The zero-order valence-electron chi connectivity index (χ0n) is 21.0. The molecule has 38 heavy (non-hydrogen) atoms. The maximum Gasteiger partial charge on any atom is 0.143 e. The summed E-state index contributed by atoms with van der Waals surface area (Å²) in [6.45, 7) is 0.172.